The predicted molar refractivity (Wildman–Crippen MR) is 80.2 cm³/mol. The molecular formula is C15H14N2O3S. The zero-order valence-corrected chi connectivity index (χ0v) is 12.0. The zero-order chi connectivity index (χ0) is 14.7. The molecule has 0 fully saturated rings. The van der Waals surface area contributed by atoms with Crippen molar-refractivity contribution < 1.29 is 14.3 Å². The molecule has 0 spiro atoms. The molecule has 6 heteroatoms. The van der Waals surface area contributed by atoms with Crippen LogP contribution in [0.3, 0.4) is 0 Å². The largest absolute Gasteiger partial charge is 0.467 e. The average Bonchev–Trinajstić information content (AvgIpc) is 3.16. The third-order valence-corrected chi connectivity index (χ3v) is 4.10. The number of benzene rings is 1. The van der Waals surface area contributed by atoms with Gasteiger partial charge in [0, 0.05) is 6.54 Å². The predicted octanol–water partition coefficient (Wildman–Crippen LogP) is 2.74. The molecule has 0 aliphatic heterocycles. The van der Waals surface area contributed by atoms with Crippen molar-refractivity contribution in [3.63, 3.8) is 0 Å². The monoisotopic (exact) mass is 302 g/mol. The van der Waals surface area contributed by atoms with Crippen molar-refractivity contribution in [2.45, 2.75) is 12.5 Å². The van der Waals surface area contributed by atoms with Gasteiger partial charge in [0.1, 0.15) is 11.9 Å². The van der Waals surface area contributed by atoms with Crippen LogP contribution in [0, 0.1) is 0 Å². The molecule has 0 bridgehead atoms. The van der Waals surface area contributed by atoms with Crippen molar-refractivity contribution in [3.8, 4) is 0 Å². The molecule has 5 nitrogen and oxygen atoms in total. The number of carbonyl (C=O) groups is 1. The number of rotatable bonds is 5. The van der Waals surface area contributed by atoms with Gasteiger partial charge in [-0.15, -0.1) is 11.3 Å². The summed E-state index contributed by atoms with van der Waals surface area (Å²) >= 11 is 1.36. The smallest absolute Gasteiger partial charge is 0.280 e. The lowest BCUT2D eigenvalue weighted by molar-refractivity contribution is 0.0936. The van der Waals surface area contributed by atoms with Crippen LogP contribution in [0.1, 0.15) is 28.1 Å². The Balaban J connectivity index is 1.56. The van der Waals surface area contributed by atoms with Crippen molar-refractivity contribution in [2.75, 3.05) is 6.54 Å². The van der Waals surface area contributed by atoms with Crippen molar-refractivity contribution in [2.24, 2.45) is 0 Å². The van der Waals surface area contributed by atoms with E-state index in [0.29, 0.717) is 23.7 Å². The molecule has 0 saturated carbocycles. The van der Waals surface area contributed by atoms with E-state index >= 15 is 0 Å². The van der Waals surface area contributed by atoms with E-state index in [-0.39, 0.29) is 5.91 Å². The minimum atomic E-state index is -0.712. The SMILES string of the molecule is O=C(NCC[C@H](O)c1ccco1)c1nc2ccccc2s1. The standard InChI is InChI=1S/C15H14N2O3S/c18-11(12-5-3-9-20-12)7-8-16-14(19)15-17-10-4-1-2-6-13(10)21-15/h1-6,9,11,18H,7-8H2,(H,16,19)/t11-/m0/s1. The highest BCUT2D eigenvalue weighted by Crippen LogP contribution is 2.21. The fourth-order valence-electron chi connectivity index (χ4n) is 1.99. The van der Waals surface area contributed by atoms with Gasteiger partial charge in [-0.3, -0.25) is 4.79 Å². The van der Waals surface area contributed by atoms with E-state index < -0.39 is 6.10 Å². The number of nitrogens with one attached hydrogen (secondary N) is 1. The fourth-order valence-corrected chi connectivity index (χ4v) is 2.87. The van der Waals surface area contributed by atoms with Crippen LogP contribution < -0.4 is 5.32 Å². The summed E-state index contributed by atoms with van der Waals surface area (Å²) in [4.78, 5) is 16.3. The molecule has 1 amide bonds. The molecule has 3 rings (SSSR count). The van der Waals surface area contributed by atoms with Gasteiger partial charge in [0.05, 0.1) is 16.5 Å². The van der Waals surface area contributed by atoms with Gasteiger partial charge in [0.15, 0.2) is 5.01 Å². The molecule has 0 radical (unpaired) electrons. The Bertz CT molecular complexity index is 703. The number of hydrogen-bond acceptors (Lipinski definition) is 5. The molecule has 0 unspecified atom stereocenters. The summed E-state index contributed by atoms with van der Waals surface area (Å²) in [7, 11) is 0. The molecule has 0 saturated heterocycles. The number of aliphatic hydroxyl groups is 1. The fraction of sp³-hybridized carbons (Fsp3) is 0.200. The Morgan fingerprint density at radius 1 is 1.33 bits per heavy atom. The van der Waals surface area contributed by atoms with E-state index in [2.05, 4.69) is 10.3 Å². The first-order chi connectivity index (χ1) is 10.2. The van der Waals surface area contributed by atoms with Crippen LogP contribution in [0.5, 0.6) is 0 Å². The third-order valence-electron chi connectivity index (χ3n) is 3.06. The molecule has 1 aromatic carbocycles. The quantitative estimate of drug-likeness (QED) is 0.760. The maximum absolute atomic E-state index is 12.0. The average molecular weight is 302 g/mol. The Morgan fingerprint density at radius 3 is 2.95 bits per heavy atom. The molecule has 0 aliphatic carbocycles. The van der Waals surface area contributed by atoms with E-state index in [9.17, 15) is 9.90 Å². The third kappa shape index (κ3) is 3.12. The number of thiazole rings is 1. The Morgan fingerprint density at radius 2 is 2.19 bits per heavy atom. The first-order valence-electron chi connectivity index (χ1n) is 6.59. The molecular weight excluding hydrogens is 288 g/mol. The highest BCUT2D eigenvalue weighted by molar-refractivity contribution is 7.20. The molecule has 2 aromatic heterocycles. The van der Waals surface area contributed by atoms with Gasteiger partial charge >= 0.3 is 0 Å². The van der Waals surface area contributed by atoms with Crippen LogP contribution in [-0.4, -0.2) is 22.5 Å². The molecule has 3 aromatic rings. The summed E-state index contributed by atoms with van der Waals surface area (Å²) in [5, 5.41) is 13.0. The first-order valence-corrected chi connectivity index (χ1v) is 7.41. The topological polar surface area (TPSA) is 75.4 Å². The van der Waals surface area contributed by atoms with Crippen LogP contribution in [0.15, 0.2) is 47.1 Å². The summed E-state index contributed by atoms with van der Waals surface area (Å²) in [5.74, 6) is 0.284. The van der Waals surface area contributed by atoms with Gasteiger partial charge in [-0.2, -0.15) is 0 Å². The second-order valence-corrected chi connectivity index (χ2v) is 5.59. The summed E-state index contributed by atoms with van der Waals surface area (Å²) in [6.45, 7) is 0.358. The summed E-state index contributed by atoms with van der Waals surface area (Å²) < 4.78 is 6.09. The lowest BCUT2D eigenvalue weighted by Crippen LogP contribution is -2.25. The second kappa shape index (κ2) is 6.07. The number of aliphatic hydroxyl groups excluding tert-OH is 1. The van der Waals surface area contributed by atoms with Crippen molar-refractivity contribution in [1.29, 1.82) is 0 Å². The van der Waals surface area contributed by atoms with Gasteiger partial charge in [-0.05, 0) is 30.7 Å². The lowest BCUT2D eigenvalue weighted by Gasteiger charge is -2.07. The van der Waals surface area contributed by atoms with E-state index in [1.54, 1.807) is 12.1 Å². The van der Waals surface area contributed by atoms with Gasteiger partial charge < -0.3 is 14.8 Å². The molecule has 1 atom stereocenters. The number of aromatic nitrogens is 1. The van der Waals surface area contributed by atoms with Gasteiger partial charge in [0.2, 0.25) is 0 Å². The molecule has 21 heavy (non-hydrogen) atoms. The number of furan rings is 1. The lowest BCUT2D eigenvalue weighted by atomic mass is 10.2. The number of para-hydroxylation sites is 1. The maximum Gasteiger partial charge on any atom is 0.280 e. The van der Waals surface area contributed by atoms with E-state index in [1.165, 1.54) is 17.6 Å². The zero-order valence-electron chi connectivity index (χ0n) is 11.2. The first kappa shape index (κ1) is 13.8. The Hall–Kier alpha value is -2.18. The van der Waals surface area contributed by atoms with Crippen LogP contribution >= 0.6 is 11.3 Å². The highest BCUT2D eigenvalue weighted by Gasteiger charge is 2.14. The van der Waals surface area contributed by atoms with Gasteiger partial charge in [0.25, 0.3) is 5.91 Å². The summed E-state index contributed by atoms with van der Waals surface area (Å²) in [6.07, 6.45) is 1.19. The minimum Gasteiger partial charge on any atom is -0.467 e. The number of carbonyl (C=O) groups excluding carboxylic acids is 1. The summed E-state index contributed by atoms with van der Waals surface area (Å²) in [5.41, 5.74) is 0.822. The highest BCUT2D eigenvalue weighted by atomic mass is 32.1. The Kier molecular flexibility index (Phi) is 3.98. The molecule has 2 N–H and O–H groups in total. The summed E-state index contributed by atoms with van der Waals surface area (Å²) in [6, 6.07) is 11.1. The van der Waals surface area contributed by atoms with Crippen LogP contribution in [0.25, 0.3) is 10.2 Å². The van der Waals surface area contributed by atoms with E-state index in [0.717, 1.165) is 10.2 Å². The Labute approximate surface area is 125 Å². The number of nitrogens with zero attached hydrogens (tertiary/aromatic N) is 1. The number of fused-ring (bicyclic) bond motifs is 1. The number of amides is 1. The van der Waals surface area contributed by atoms with Gasteiger partial charge in [-0.25, -0.2) is 4.98 Å². The van der Waals surface area contributed by atoms with Crippen LogP contribution in [0.4, 0.5) is 0 Å². The molecule has 0 aliphatic rings. The minimum absolute atomic E-state index is 0.220. The number of hydrogen-bond donors (Lipinski definition) is 2. The van der Waals surface area contributed by atoms with Crippen LogP contribution in [-0.2, 0) is 0 Å². The van der Waals surface area contributed by atoms with Crippen LogP contribution in [0.2, 0.25) is 0 Å². The van der Waals surface area contributed by atoms with E-state index in [4.69, 9.17) is 4.42 Å². The van der Waals surface area contributed by atoms with Crippen molar-refractivity contribution >= 4 is 27.5 Å². The normalized spacial score (nSPS) is 12.4. The van der Waals surface area contributed by atoms with Crippen molar-refractivity contribution in [1.82, 2.24) is 10.3 Å². The van der Waals surface area contributed by atoms with Gasteiger partial charge in [-0.1, -0.05) is 12.1 Å². The molecule has 2 heterocycles. The van der Waals surface area contributed by atoms with Crippen molar-refractivity contribution in [3.05, 3.63) is 53.4 Å². The maximum atomic E-state index is 12.0. The van der Waals surface area contributed by atoms with E-state index in [1.807, 2.05) is 24.3 Å². The molecule has 108 valence electrons. The second-order valence-electron chi connectivity index (χ2n) is 4.56.